The van der Waals surface area contributed by atoms with Crippen molar-refractivity contribution in [2.75, 3.05) is 0 Å². The molecule has 3 rings (SSSR count). The zero-order valence-electron chi connectivity index (χ0n) is 8.76. The van der Waals surface area contributed by atoms with Crippen molar-refractivity contribution in [3.63, 3.8) is 0 Å². The molecule has 0 aliphatic heterocycles. The van der Waals surface area contributed by atoms with Crippen LogP contribution in [0.2, 0.25) is 0 Å². The van der Waals surface area contributed by atoms with Crippen LogP contribution in [0.1, 0.15) is 24.5 Å². The molecule has 0 unspecified atom stereocenters. The van der Waals surface area contributed by atoms with Crippen molar-refractivity contribution in [3.05, 3.63) is 30.0 Å². The Bertz CT molecular complexity index is 555. The maximum Gasteiger partial charge on any atom is 0.325 e. The van der Waals surface area contributed by atoms with E-state index in [0.29, 0.717) is 5.92 Å². The van der Waals surface area contributed by atoms with Gasteiger partial charge in [-0.05, 0) is 18.9 Å². The number of hydrogen-bond donors (Lipinski definition) is 1. The topological polar surface area (TPSA) is 55.1 Å². The first-order valence-corrected chi connectivity index (χ1v) is 5.43. The van der Waals surface area contributed by atoms with E-state index < -0.39 is 5.97 Å². The van der Waals surface area contributed by atoms with Crippen molar-refractivity contribution in [1.82, 2.24) is 9.78 Å². The zero-order chi connectivity index (χ0) is 11.1. The van der Waals surface area contributed by atoms with Crippen LogP contribution in [0.4, 0.5) is 0 Å². The highest BCUT2D eigenvalue weighted by Gasteiger charge is 2.29. The van der Waals surface area contributed by atoms with E-state index in [2.05, 4.69) is 5.10 Å². The van der Waals surface area contributed by atoms with E-state index in [0.717, 1.165) is 16.6 Å². The van der Waals surface area contributed by atoms with Crippen LogP contribution >= 0.6 is 0 Å². The normalized spacial score (nSPS) is 15.5. The van der Waals surface area contributed by atoms with Gasteiger partial charge in [0.2, 0.25) is 0 Å². The molecule has 0 amide bonds. The summed E-state index contributed by atoms with van der Waals surface area (Å²) in [6, 6.07) is 7.84. The maximum absolute atomic E-state index is 10.7. The summed E-state index contributed by atoms with van der Waals surface area (Å²) >= 11 is 0. The molecule has 1 aromatic heterocycles. The summed E-state index contributed by atoms with van der Waals surface area (Å²) in [7, 11) is 0. The van der Waals surface area contributed by atoms with Gasteiger partial charge in [-0.15, -0.1) is 0 Å². The summed E-state index contributed by atoms with van der Waals surface area (Å²) in [5.41, 5.74) is 1.99. The average molecular weight is 216 g/mol. The first-order valence-electron chi connectivity index (χ1n) is 5.43. The van der Waals surface area contributed by atoms with Crippen LogP contribution < -0.4 is 0 Å². The quantitative estimate of drug-likeness (QED) is 0.853. The minimum absolute atomic E-state index is 0.0623. The largest absolute Gasteiger partial charge is 0.480 e. The molecule has 1 saturated carbocycles. The highest BCUT2D eigenvalue weighted by Crippen LogP contribution is 2.42. The van der Waals surface area contributed by atoms with Crippen molar-refractivity contribution < 1.29 is 9.90 Å². The van der Waals surface area contributed by atoms with Gasteiger partial charge in [-0.1, -0.05) is 18.2 Å². The lowest BCUT2D eigenvalue weighted by molar-refractivity contribution is -0.137. The monoisotopic (exact) mass is 216 g/mol. The predicted octanol–water partition coefficient (Wildman–Crippen LogP) is 2.00. The number of carbonyl (C=O) groups is 1. The lowest BCUT2D eigenvalue weighted by Crippen LogP contribution is -2.10. The molecule has 0 atom stereocenters. The average Bonchev–Trinajstić information content (AvgIpc) is 3.03. The van der Waals surface area contributed by atoms with Crippen LogP contribution in [-0.4, -0.2) is 20.9 Å². The molecule has 4 heteroatoms. The van der Waals surface area contributed by atoms with Crippen molar-refractivity contribution in [1.29, 1.82) is 0 Å². The molecule has 0 radical (unpaired) electrons. The number of fused-ring (bicyclic) bond motifs is 1. The Labute approximate surface area is 92.5 Å². The van der Waals surface area contributed by atoms with E-state index in [4.69, 9.17) is 5.11 Å². The summed E-state index contributed by atoms with van der Waals surface area (Å²) in [6.45, 7) is -0.0623. The summed E-state index contributed by atoms with van der Waals surface area (Å²) in [4.78, 5) is 10.7. The van der Waals surface area contributed by atoms with Crippen molar-refractivity contribution >= 4 is 16.9 Å². The second-order valence-electron chi connectivity index (χ2n) is 4.23. The smallest absolute Gasteiger partial charge is 0.325 e. The highest BCUT2D eigenvalue weighted by atomic mass is 16.4. The third-order valence-corrected chi connectivity index (χ3v) is 2.94. The van der Waals surface area contributed by atoms with E-state index in [1.54, 1.807) is 4.68 Å². The molecule has 1 aliphatic carbocycles. The van der Waals surface area contributed by atoms with Gasteiger partial charge in [-0.25, -0.2) is 0 Å². The van der Waals surface area contributed by atoms with E-state index in [9.17, 15) is 4.79 Å². The molecule has 0 saturated heterocycles. The molecule has 1 N–H and O–H groups in total. The van der Waals surface area contributed by atoms with Gasteiger partial charge in [-0.3, -0.25) is 9.48 Å². The second kappa shape index (κ2) is 3.33. The molecule has 4 nitrogen and oxygen atoms in total. The molecule has 1 heterocycles. The number of carboxylic acid groups (broad SMARTS) is 1. The lowest BCUT2D eigenvalue weighted by atomic mass is 10.1. The van der Waals surface area contributed by atoms with Crippen LogP contribution in [-0.2, 0) is 11.3 Å². The Kier molecular flexibility index (Phi) is 1.96. The predicted molar refractivity (Wildman–Crippen MR) is 59.3 cm³/mol. The number of carboxylic acids is 1. The fraction of sp³-hybridized carbons (Fsp3) is 0.333. The molecule has 16 heavy (non-hydrogen) atoms. The minimum Gasteiger partial charge on any atom is -0.480 e. The molecule has 1 fully saturated rings. The van der Waals surface area contributed by atoms with Gasteiger partial charge in [0.05, 0.1) is 11.2 Å². The summed E-state index contributed by atoms with van der Waals surface area (Å²) in [5.74, 6) is -0.310. The number of aliphatic carboxylic acids is 1. The Balaban J connectivity index is 2.16. The van der Waals surface area contributed by atoms with E-state index >= 15 is 0 Å². The van der Waals surface area contributed by atoms with Gasteiger partial charge < -0.3 is 5.11 Å². The fourth-order valence-corrected chi connectivity index (χ4v) is 2.06. The molecule has 0 bridgehead atoms. The van der Waals surface area contributed by atoms with Crippen molar-refractivity contribution in [2.45, 2.75) is 25.3 Å². The summed E-state index contributed by atoms with van der Waals surface area (Å²) in [6.07, 6.45) is 2.35. The number of rotatable bonds is 3. The Morgan fingerprint density at radius 3 is 2.88 bits per heavy atom. The third-order valence-electron chi connectivity index (χ3n) is 2.94. The minimum atomic E-state index is -0.851. The van der Waals surface area contributed by atoms with Gasteiger partial charge in [0, 0.05) is 11.3 Å². The highest BCUT2D eigenvalue weighted by molar-refractivity contribution is 5.84. The van der Waals surface area contributed by atoms with Gasteiger partial charge in [-0.2, -0.15) is 5.10 Å². The Morgan fingerprint density at radius 2 is 2.19 bits per heavy atom. The molecule has 1 aliphatic rings. The van der Waals surface area contributed by atoms with E-state index in [1.807, 2.05) is 24.3 Å². The van der Waals surface area contributed by atoms with Crippen LogP contribution in [0.15, 0.2) is 24.3 Å². The van der Waals surface area contributed by atoms with Crippen molar-refractivity contribution in [3.8, 4) is 0 Å². The Hall–Kier alpha value is -1.84. The van der Waals surface area contributed by atoms with E-state index in [1.165, 1.54) is 12.8 Å². The lowest BCUT2D eigenvalue weighted by Gasteiger charge is -1.97. The summed E-state index contributed by atoms with van der Waals surface area (Å²) < 4.78 is 1.59. The SMILES string of the molecule is O=C(O)Cn1nc(C2CC2)c2ccccc21. The van der Waals surface area contributed by atoms with Crippen molar-refractivity contribution in [2.24, 2.45) is 0 Å². The number of benzene rings is 1. The van der Waals surface area contributed by atoms with E-state index in [-0.39, 0.29) is 6.54 Å². The van der Waals surface area contributed by atoms with Gasteiger partial charge in [0.25, 0.3) is 0 Å². The number of hydrogen-bond acceptors (Lipinski definition) is 2. The van der Waals surface area contributed by atoms with Crippen LogP contribution in [0.5, 0.6) is 0 Å². The standard InChI is InChI=1S/C12H12N2O2/c15-11(16)7-14-10-4-2-1-3-9(10)12(13-14)8-5-6-8/h1-4,8H,5-7H2,(H,15,16). The van der Waals surface area contributed by atoms with Crippen LogP contribution in [0, 0.1) is 0 Å². The first-order chi connectivity index (χ1) is 7.75. The first kappa shape index (κ1) is 9.39. The van der Waals surface area contributed by atoms with Gasteiger partial charge in [0.1, 0.15) is 6.54 Å². The van der Waals surface area contributed by atoms with Crippen LogP contribution in [0.3, 0.4) is 0 Å². The van der Waals surface area contributed by atoms with Crippen LogP contribution in [0.25, 0.3) is 10.9 Å². The number of nitrogens with zero attached hydrogens (tertiary/aromatic N) is 2. The second-order valence-corrected chi connectivity index (χ2v) is 4.23. The third kappa shape index (κ3) is 1.46. The molecule has 1 aromatic carbocycles. The molecule has 0 spiro atoms. The number of para-hydroxylation sites is 1. The molecular formula is C12H12N2O2. The number of aromatic nitrogens is 2. The molecule has 2 aromatic rings. The molecule has 82 valence electrons. The van der Waals surface area contributed by atoms with Gasteiger partial charge in [0.15, 0.2) is 0 Å². The maximum atomic E-state index is 10.7. The van der Waals surface area contributed by atoms with Gasteiger partial charge >= 0.3 is 5.97 Å². The Morgan fingerprint density at radius 1 is 1.44 bits per heavy atom. The zero-order valence-corrected chi connectivity index (χ0v) is 8.76. The summed E-state index contributed by atoms with van der Waals surface area (Å²) in [5, 5.41) is 14.4. The fourth-order valence-electron chi connectivity index (χ4n) is 2.06. The molecular weight excluding hydrogens is 204 g/mol.